The Balaban J connectivity index is 1.93. The maximum Gasteiger partial charge on any atom is 0.243 e. The van der Waals surface area contributed by atoms with Crippen LogP contribution in [-0.4, -0.2) is 66.0 Å². The monoisotopic (exact) mass is 385 g/mol. The third-order valence-corrected chi connectivity index (χ3v) is 7.10. The average molecular weight is 386 g/mol. The summed E-state index contributed by atoms with van der Waals surface area (Å²) in [5, 5.41) is 9.79. The number of aliphatic hydroxyl groups excluding tert-OH is 1. The Bertz CT molecular complexity index is 829. The number of aryl methyl sites for hydroxylation is 1. The van der Waals surface area contributed by atoms with E-state index >= 15 is 0 Å². The van der Waals surface area contributed by atoms with Gasteiger partial charge in [-0.3, -0.25) is 0 Å². The summed E-state index contributed by atoms with van der Waals surface area (Å²) in [6.07, 6.45) is 0.703. The molecule has 2 heterocycles. The maximum atomic E-state index is 12.8. The van der Waals surface area contributed by atoms with Gasteiger partial charge in [0.25, 0.3) is 0 Å². The van der Waals surface area contributed by atoms with E-state index in [9.17, 15) is 8.42 Å². The van der Waals surface area contributed by atoms with E-state index in [1.807, 2.05) is 13.0 Å². The maximum absolute atomic E-state index is 12.8. The molecular weight excluding hydrogens is 362 g/mol. The van der Waals surface area contributed by atoms with Gasteiger partial charge in [0, 0.05) is 32.0 Å². The van der Waals surface area contributed by atoms with Gasteiger partial charge < -0.3 is 14.4 Å². The molecule has 1 N–H and O–H groups in total. The Morgan fingerprint density at radius 3 is 2.76 bits per heavy atom. The van der Waals surface area contributed by atoms with E-state index in [0.717, 1.165) is 23.0 Å². The molecule has 1 aromatic carbocycles. The first kappa shape index (κ1) is 18.7. The molecular formula is C16H23N3O4S2. The summed E-state index contributed by atoms with van der Waals surface area (Å²) < 4.78 is 34.4. The van der Waals surface area contributed by atoms with Gasteiger partial charge in [0.1, 0.15) is 0 Å². The summed E-state index contributed by atoms with van der Waals surface area (Å²) in [5.74, 6) is 0.777. The van der Waals surface area contributed by atoms with Crippen molar-refractivity contribution >= 4 is 32.8 Å². The SMILES string of the molecule is CCn1c(SCCCO)nc2cc(S(=O)(=O)N3CCOCC3)ccc21. The van der Waals surface area contributed by atoms with E-state index in [1.165, 1.54) is 4.31 Å². The Morgan fingerprint density at radius 2 is 2.08 bits per heavy atom. The number of ether oxygens (including phenoxy) is 1. The topological polar surface area (TPSA) is 84.7 Å². The minimum atomic E-state index is -3.52. The smallest absolute Gasteiger partial charge is 0.243 e. The number of aliphatic hydroxyl groups is 1. The van der Waals surface area contributed by atoms with Crippen LogP contribution in [0, 0.1) is 0 Å². The molecule has 1 aliphatic heterocycles. The van der Waals surface area contributed by atoms with Crippen molar-refractivity contribution in [2.24, 2.45) is 0 Å². The fourth-order valence-electron chi connectivity index (χ4n) is 2.83. The Morgan fingerprint density at radius 1 is 1.32 bits per heavy atom. The van der Waals surface area contributed by atoms with Gasteiger partial charge in [0.2, 0.25) is 10.0 Å². The quantitative estimate of drug-likeness (QED) is 0.575. The van der Waals surface area contributed by atoms with E-state index in [1.54, 1.807) is 23.9 Å². The van der Waals surface area contributed by atoms with Gasteiger partial charge in [-0.25, -0.2) is 13.4 Å². The van der Waals surface area contributed by atoms with Crippen LogP contribution in [0.4, 0.5) is 0 Å². The predicted octanol–water partition coefficient (Wildman–Crippen LogP) is 1.55. The van der Waals surface area contributed by atoms with Gasteiger partial charge >= 0.3 is 0 Å². The number of thioether (sulfide) groups is 1. The van der Waals surface area contributed by atoms with Crippen LogP contribution in [0.2, 0.25) is 0 Å². The molecule has 0 spiro atoms. The number of aromatic nitrogens is 2. The van der Waals surface area contributed by atoms with Crippen molar-refractivity contribution in [1.82, 2.24) is 13.9 Å². The van der Waals surface area contributed by atoms with Gasteiger partial charge in [0.05, 0.1) is 29.1 Å². The van der Waals surface area contributed by atoms with Gasteiger partial charge in [0.15, 0.2) is 5.16 Å². The summed E-state index contributed by atoms with van der Waals surface area (Å²) in [6, 6.07) is 5.14. The molecule has 0 amide bonds. The molecule has 0 aliphatic carbocycles. The van der Waals surface area contributed by atoms with Crippen molar-refractivity contribution in [1.29, 1.82) is 0 Å². The molecule has 1 fully saturated rings. The molecule has 0 atom stereocenters. The lowest BCUT2D eigenvalue weighted by molar-refractivity contribution is 0.0730. The molecule has 2 aromatic rings. The molecule has 9 heteroatoms. The fraction of sp³-hybridized carbons (Fsp3) is 0.562. The van der Waals surface area contributed by atoms with Gasteiger partial charge in [-0.2, -0.15) is 4.31 Å². The average Bonchev–Trinajstić information content (AvgIpc) is 2.99. The molecule has 0 radical (unpaired) electrons. The van der Waals surface area contributed by atoms with E-state index < -0.39 is 10.0 Å². The summed E-state index contributed by atoms with van der Waals surface area (Å²) >= 11 is 1.58. The van der Waals surface area contributed by atoms with Crippen LogP contribution in [0.15, 0.2) is 28.3 Å². The van der Waals surface area contributed by atoms with Crippen LogP contribution in [0.25, 0.3) is 11.0 Å². The Kier molecular flexibility index (Phi) is 6.00. The van der Waals surface area contributed by atoms with Crippen molar-refractivity contribution in [3.63, 3.8) is 0 Å². The molecule has 0 bridgehead atoms. The second-order valence-corrected chi connectivity index (χ2v) is 8.73. The van der Waals surface area contributed by atoms with Crippen LogP contribution >= 0.6 is 11.8 Å². The number of morpholine rings is 1. The second kappa shape index (κ2) is 8.05. The highest BCUT2D eigenvalue weighted by Crippen LogP contribution is 2.27. The van der Waals surface area contributed by atoms with Crippen molar-refractivity contribution in [2.45, 2.75) is 29.9 Å². The highest BCUT2D eigenvalue weighted by molar-refractivity contribution is 7.99. The molecule has 1 saturated heterocycles. The zero-order valence-corrected chi connectivity index (χ0v) is 15.9. The second-order valence-electron chi connectivity index (χ2n) is 5.73. The molecule has 138 valence electrons. The zero-order valence-electron chi connectivity index (χ0n) is 14.2. The first-order valence-electron chi connectivity index (χ1n) is 8.39. The van der Waals surface area contributed by atoms with E-state index in [-0.39, 0.29) is 11.5 Å². The van der Waals surface area contributed by atoms with E-state index in [4.69, 9.17) is 9.84 Å². The molecule has 1 aliphatic rings. The Labute approximate surface area is 152 Å². The fourth-order valence-corrected chi connectivity index (χ4v) is 5.26. The van der Waals surface area contributed by atoms with Crippen LogP contribution in [0.5, 0.6) is 0 Å². The zero-order chi connectivity index (χ0) is 17.9. The van der Waals surface area contributed by atoms with Gasteiger partial charge in [-0.05, 0) is 31.5 Å². The van der Waals surface area contributed by atoms with E-state index in [2.05, 4.69) is 9.55 Å². The first-order chi connectivity index (χ1) is 12.1. The summed E-state index contributed by atoms with van der Waals surface area (Å²) in [4.78, 5) is 4.88. The lowest BCUT2D eigenvalue weighted by atomic mass is 10.3. The van der Waals surface area contributed by atoms with Crippen LogP contribution in [0.1, 0.15) is 13.3 Å². The summed E-state index contributed by atoms with van der Waals surface area (Å²) in [6.45, 7) is 4.57. The molecule has 1 aromatic heterocycles. The van der Waals surface area contributed by atoms with Gasteiger partial charge in [-0.15, -0.1) is 0 Å². The molecule has 0 unspecified atom stereocenters. The third-order valence-electron chi connectivity index (χ3n) is 4.14. The Hall–Kier alpha value is -1.13. The highest BCUT2D eigenvalue weighted by Gasteiger charge is 2.27. The largest absolute Gasteiger partial charge is 0.396 e. The summed E-state index contributed by atoms with van der Waals surface area (Å²) in [7, 11) is -3.52. The van der Waals surface area contributed by atoms with Crippen LogP contribution in [-0.2, 0) is 21.3 Å². The van der Waals surface area contributed by atoms with Gasteiger partial charge in [-0.1, -0.05) is 11.8 Å². The minimum Gasteiger partial charge on any atom is -0.396 e. The predicted molar refractivity (Wildman–Crippen MR) is 97.4 cm³/mol. The lowest BCUT2D eigenvalue weighted by Crippen LogP contribution is -2.40. The summed E-state index contributed by atoms with van der Waals surface area (Å²) in [5.41, 5.74) is 1.61. The normalized spacial score (nSPS) is 16.6. The molecule has 25 heavy (non-hydrogen) atoms. The number of rotatable bonds is 7. The number of benzene rings is 1. The van der Waals surface area contributed by atoms with Crippen LogP contribution in [0.3, 0.4) is 0 Å². The van der Waals surface area contributed by atoms with Crippen molar-refractivity contribution < 1.29 is 18.3 Å². The van der Waals surface area contributed by atoms with E-state index in [0.29, 0.717) is 38.2 Å². The molecule has 7 nitrogen and oxygen atoms in total. The van der Waals surface area contributed by atoms with Crippen LogP contribution < -0.4 is 0 Å². The number of hydrogen-bond acceptors (Lipinski definition) is 6. The highest BCUT2D eigenvalue weighted by atomic mass is 32.2. The number of sulfonamides is 1. The number of nitrogens with zero attached hydrogens (tertiary/aromatic N) is 3. The number of hydrogen-bond donors (Lipinski definition) is 1. The van der Waals surface area contributed by atoms with Crippen molar-refractivity contribution in [3.8, 4) is 0 Å². The number of imidazole rings is 1. The standard InChI is InChI=1S/C16H23N3O4S2/c1-2-19-15-5-4-13(25(21,22)18-6-9-23-10-7-18)12-14(15)17-16(19)24-11-3-8-20/h4-5,12,20H,2-3,6-11H2,1H3. The van der Waals surface area contributed by atoms with Crippen molar-refractivity contribution in [2.75, 3.05) is 38.7 Å². The third kappa shape index (κ3) is 3.85. The van der Waals surface area contributed by atoms with Crippen molar-refractivity contribution in [3.05, 3.63) is 18.2 Å². The lowest BCUT2D eigenvalue weighted by Gasteiger charge is -2.26. The first-order valence-corrected chi connectivity index (χ1v) is 10.8. The minimum absolute atomic E-state index is 0.154. The number of fused-ring (bicyclic) bond motifs is 1. The molecule has 0 saturated carbocycles. The molecule has 3 rings (SSSR count).